The van der Waals surface area contributed by atoms with Crippen molar-refractivity contribution in [3.05, 3.63) is 94.5 Å². The van der Waals surface area contributed by atoms with Crippen molar-refractivity contribution < 1.29 is 18.3 Å². The highest BCUT2D eigenvalue weighted by Crippen LogP contribution is 2.47. The van der Waals surface area contributed by atoms with Crippen LogP contribution in [0.4, 0.5) is 18.9 Å². The molecule has 2 N–H and O–H groups in total. The number of hydrogen-bond acceptors (Lipinski definition) is 3. The van der Waals surface area contributed by atoms with E-state index in [-0.39, 0.29) is 17.6 Å². The van der Waals surface area contributed by atoms with E-state index in [1.165, 1.54) is 17.8 Å². The Bertz CT molecular complexity index is 1100. The van der Waals surface area contributed by atoms with Gasteiger partial charge in [-0.05, 0) is 77.4 Å². The monoisotopic (exact) mass is 452 g/mol. The SMILES string of the molecule is Oc1ccc2c(c1)CCC(c1ccc(C(F)(F)F)cc1)C2c1ccc(N2CCNCC2)cc1. The number of phenols is 1. The first kappa shape index (κ1) is 21.8. The van der Waals surface area contributed by atoms with Gasteiger partial charge >= 0.3 is 6.18 Å². The van der Waals surface area contributed by atoms with Crippen LogP contribution in [0.1, 0.15) is 46.1 Å². The van der Waals surface area contributed by atoms with Crippen LogP contribution in [0.3, 0.4) is 0 Å². The van der Waals surface area contributed by atoms with E-state index in [0.29, 0.717) is 0 Å². The van der Waals surface area contributed by atoms with Crippen LogP contribution in [0.25, 0.3) is 0 Å². The molecule has 1 heterocycles. The Morgan fingerprint density at radius 1 is 0.848 bits per heavy atom. The fourth-order valence-electron chi connectivity index (χ4n) is 5.31. The fourth-order valence-corrected chi connectivity index (χ4v) is 5.31. The summed E-state index contributed by atoms with van der Waals surface area (Å²) >= 11 is 0. The molecule has 33 heavy (non-hydrogen) atoms. The van der Waals surface area contributed by atoms with Crippen LogP contribution >= 0.6 is 0 Å². The minimum atomic E-state index is -4.34. The highest BCUT2D eigenvalue weighted by atomic mass is 19.4. The molecule has 2 atom stereocenters. The largest absolute Gasteiger partial charge is 0.508 e. The van der Waals surface area contributed by atoms with E-state index < -0.39 is 11.7 Å². The Labute approximate surface area is 191 Å². The predicted molar refractivity (Wildman–Crippen MR) is 124 cm³/mol. The molecule has 5 rings (SSSR count). The molecule has 6 heteroatoms. The number of alkyl halides is 3. The standard InChI is InChI=1S/C27H27F3N2O/c28-27(29,30)21-6-1-18(2-7-21)24-11-5-20-17-23(33)10-12-25(20)26(24)19-3-8-22(9-4-19)32-15-13-31-14-16-32/h1-4,6-10,12,17,24,26,31,33H,5,11,13-16H2. The third-order valence-electron chi connectivity index (χ3n) is 6.99. The van der Waals surface area contributed by atoms with Crippen molar-refractivity contribution in [2.24, 2.45) is 0 Å². The van der Waals surface area contributed by atoms with Gasteiger partial charge in [-0.25, -0.2) is 0 Å². The van der Waals surface area contributed by atoms with Crippen molar-refractivity contribution in [1.29, 1.82) is 0 Å². The number of benzene rings is 3. The van der Waals surface area contributed by atoms with E-state index in [1.54, 1.807) is 18.2 Å². The van der Waals surface area contributed by atoms with Crippen molar-refractivity contribution in [2.45, 2.75) is 30.9 Å². The number of nitrogens with one attached hydrogen (secondary N) is 1. The molecule has 2 aliphatic rings. The zero-order valence-corrected chi connectivity index (χ0v) is 18.3. The van der Waals surface area contributed by atoms with E-state index in [9.17, 15) is 18.3 Å². The summed E-state index contributed by atoms with van der Waals surface area (Å²) in [7, 11) is 0. The van der Waals surface area contributed by atoms with Gasteiger partial charge in [-0.3, -0.25) is 0 Å². The number of rotatable bonds is 3. The van der Waals surface area contributed by atoms with Gasteiger partial charge in [0.2, 0.25) is 0 Å². The Morgan fingerprint density at radius 2 is 1.52 bits per heavy atom. The van der Waals surface area contributed by atoms with Gasteiger partial charge in [-0.15, -0.1) is 0 Å². The molecule has 2 unspecified atom stereocenters. The summed E-state index contributed by atoms with van der Waals surface area (Å²) in [5, 5.41) is 13.4. The van der Waals surface area contributed by atoms with Crippen molar-refractivity contribution in [2.75, 3.05) is 31.1 Å². The second-order valence-corrected chi connectivity index (χ2v) is 8.95. The number of halogens is 3. The van der Waals surface area contributed by atoms with Crippen LogP contribution in [-0.2, 0) is 12.6 Å². The Kier molecular flexibility index (Phi) is 5.79. The molecular weight excluding hydrogens is 425 g/mol. The smallest absolute Gasteiger partial charge is 0.416 e. The molecule has 0 bridgehead atoms. The van der Waals surface area contributed by atoms with Crippen molar-refractivity contribution >= 4 is 5.69 Å². The molecule has 0 spiro atoms. The molecule has 3 nitrogen and oxygen atoms in total. The molecule has 0 radical (unpaired) electrons. The van der Waals surface area contributed by atoms with Crippen LogP contribution in [0, 0.1) is 0 Å². The number of aromatic hydroxyl groups is 1. The van der Waals surface area contributed by atoms with Crippen LogP contribution in [-0.4, -0.2) is 31.3 Å². The summed E-state index contributed by atoms with van der Waals surface area (Å²) < 4.78 is 39.3. The highest BCUT2D eigenvalue weighted by Gasteiger charge is 2.34. The van der Waals surface area contributed by atoms with Gasteiger partial charge in [0.1, 0.15) is 5.75 Å². The molecule has 3 aromatic carbocycles. The third-order valence-corrected chi connectivity index (χ3v) is 6.99. The summed E-state index contributed by atoms with van der Waals surface area (Å²) in [6.45, 7) is 3.88. The normalized spacial score (nSPS) is 21.0. The molecular formula is C27H27F3N2O. The minimum Gasteiger partial charge on any atom is -0.508 e. The van der Waals surface area contributed by atoms with Crippen molar-refractivity contribution in [3.8, 4) is 5.75 Å². The van der Waals surface area contributed by atoms with Gasteiger partial charge in [-0.1, -0.05) is 30.3 Å². The first-order chi connectivity index (χ1) is 15.9. The van der Waals surface area contributed by atoms with Crippen molar-refractivity contribution in [1.82, 2.24) is 5.32 Å². The number of aryl methyl sites for hydroxylation is 1. The number of fused-ring (bicyclic) bond motifs is 1. The first-order valence-electron chi connectivity index (χ1n) is 11.4. The molecule has 1 aliphatic heterocycles. The molecule has 0 saturated carbocycles. The van der Waals surface area contributed by atoms with Gasteiger partial charge in [-0.2, -0.15) is 13.2 Å². The van der Waals surface area contributed by atoms with Crippen LogP contribution < -0.4 is 10.2 Å². The second kappa shape index (κ2) is 8.75. The van der Waals surface area contributed by atoms with Gasteiger partial charge in [0.15, 0.2) is 0 Å². The topological polar surface area (TPSA) is 35.5 Å². The summed E-state index contributed by atoms with van der Waals surface area (Å²) in [5.74, 6) is 0.326. The summed E-state index contributed by atoms with van der Waals surface area (Å²) in [4.78, 5) is 2.36. The van der Waals surface area contributed by atoms with Crippen LogP contribution in [0.15, 0.2) is 66.7 Å². The minimum absolute atomic E-state index is 0.0168. The quantitative estimate of drug-likeness (QED) is 0.537. The average molecular weight is 453 g/mol. The molecule has 172 valence electrons. The van der Waals surface area contributed by atoms with Crippen LogP contribution in [0.5, 0.6) is 5.75 Å². The number of nitrogens with zero attached hydrogens (tertiary/aromatic N) is 1. The maximum Gasteiger partial charge on any atom is 0.416 e. The zero-order valence-electron chi connectivity index (χ0n) is 18.3. The van der Waals surface area contributed by atoms with E-state index in [2.05, 4.69) is 34.5 Å². The predicted octanol–water partition coefficient (Wildman–Crippen LogP) is 5.68. The van der Waals surface area contributed by atoms with Gasteiger partial charge in [0, 0.05) is 37.8 Å². The summed E-state index contributed by atoms with van der Waals surface area (Å²) in [6.07, 6.45) is -2.74. The Morgan fingerprint density at radius 3 is 2.18 bits per heavy atom. The molecule has 3 aromatic rings. The lowest BCUT2D eigenvalue weighted by atomic mass is 9.69. The maximum atomic E-state index is 13.1. The fraction of sp³-hybridized carbons (Fsp3) is 0.333. The van der Waals surface area contributed by atoms with Gasteiger partial charge in [0.05, 0.1) is 5.56 Å². The van der Waals surface area contributed by atoms with Crippen LogP contribution in [0.2, 0.25) is 0 Å². The number of anilines is 1. The third kappa shape index (κ3) is 4.44. The summed E-state index contributed by atoms with van der Waals surface area (Å²) in [6, 6.07) is 19.7. The lowest BCUT2D eigenvalue weighted by Gasteiger charge is -2.35. The van der Waals surface area contributed by atoms with E-state index in [0.717, 1.165) is 61.3 Å². The second-order valence-electron chi connectivity index (χ2n) is 8.95. The molecule has 1 fully saturated rings. The average Bonchev–Trinajstić information content (AvgIpc) is 2.83. The number of hydrogen-bond donors (Lipinski definition) is 2. The molecule has 0 amide bonds. The molecule has 0 aromatic heterocycles. The Hall–Kier alpha value is -2.99. The summed E-state index contributed by atoms with van der Waals surface area (Å²) in [5.41, 5.74) is 4.87. The molecule has 1 aliphatic carbocycles. The number of phenolic OH excluding ortho intramolecular Hbond substituents is 1. The lowest BCUT2D eigenvalue weighted by molar-refractivity contribution is -0.137. The maximum absolute atomic E-state index is 13.1. The highest BCUT2D eigenvalue weighted by molar-refractivity contribution is 5.52. The Balaban J connectivity index is 1.51. The van der Waals surface area contributed by atoms with Gasteiger partial charge in [0.25, 0.3) is 0 Å². The lowest BCUT2D eigenvalue weighted by Crippen LogP contribution is -2.43. The van der Waals surface area contributed by atoms with E-state index in [1.807, 2.05) is 12.1 Å². The van der Waals surface area contributed by atoms with E-state index >= 15 is 0 Å². The van der Waals surface area contributed by atoms with E-state index in [4.69, 9.17) is 0 Å². The first-order valence-corrected chi connectivity index (χ1v) is 11.4. The van der Waals surface area contributed by atoms with Gasteiger partial charge < -0.3 is 15.3 Å². The van der Waals surface area contributed by atoms with Crippen molar-refractivity contribution in [3.63, 3.8) is 0 Å². The number of piperazine rings is 1. The zero-order chi connectivity index (χ0) is 23.0. The molecule has 1 saturated heterocycles.